The van der Waals surface area contributed by atoms with Gasteiger partial charge in [0.25, 0.3) is 0 Å². The topological polar surface area (TPSA) is 55.1 Å². The van der Waals surface area contributed by atoms with Gasteiger partial charge in [0.2, 0.25) is 5.91 Å². The molecule has 0 aromatic heterocycles. The highest BCUT2D eigenvalue weighted by atomic mass is 16.1. The van der Waals surface area contributed by atoms with Crippen LogP contribution in [0.2, 0.25) is 0 Å². The Balaban J connectivity index is 2.06. The van der Waals surface area contributed by atoms with Crippen LogP contribution in [0.15, 0.2) is 18.2 Å². The van der Waals surface area contributed by atoms with E-state index in [-0.39, 0.29) is 17.9 Å². The van der Waals surface area contributed by atoms with E-state index in [1.165, 1.54) is 11.1 Å². The van der Waals surface area contributed by atoms with Crippen molar-refractivity contribution in [3.05, 3.63) is 29.3 Å². The molecule has 3 heteroatoms. The van der Waals surface area contributed by atoms with Crippen LogP contribution in [0.5, 0.6) is 0 Å². The largest absolute Gasteiger partial charge is 0.398 e. The van der Waals surface area contributed by atoms with Crippen LogP contribution in [-0.2, 0) is 11.2 Å². The first-order chi connectivity index (χ1) is 8.63. The van der Waals surface area contributed by atoms with E-state index < -0.39 is 0 Å². The van der Waals surface area contributed by atoms with Gasteiger partial charge in [-0.25, -0.2) is 0 Å². The summed E-state index contributed by atoms with van der Waals surface area (Å²) in [6, 6.07) is 6.13. The number of hydrogen-bond donors (Lipinski definition) is 2. The van der Waals surface area contributed by atoms with Gasteiger partial charge in [0, 0.05) is 11.6 Å². The quantitative estimate of drug-likeness (QED) is 0.803. The minimum Gasteiger partial charge on any atom is -0.398 e. The van der Waals surface area contributed by atoms with Gasteiger partial charge in [-0.2, -0.15) is 0 Å². The number of benzene rings is 1. The first-order valence-corrected chi connectivity index (χ1v) is 6.81. The average Bonchev–Trinajstić information content (AvgIpc) is 2.74. The number of hydrogen-bond acceptors (Lipinski definition) is 2. The van der Waals surface area contributed by atoms with Crippen molar-refractivity contribution in [3.8, 4) is 0 Å². The lowest BCUT2D eigenvalue weighted by Gasteiger charge is -2.17. The Bertz CT molecular complexity index is 442. The standard InChI is InChI=1S/C15H22N2O/c1-3-5-10(2)15(18)17-14-9-8-11-12(14)6-4-7-13(11)16/h4,6-7,10,14H,3,5,8-9,16H2,1-2H3,(H,17,18). The van der Waals surface area contributed by atoms with Crippen LogP contribution in [0.1, 0.15) is 50.3 Å². The average molecular weight is 246 g/mol. The molecule has 0 radical (unpaired) electrons. The van der Waals surface area contributed by atoms with E-state index in [0.717, 1.165) is 31.4 Å². The second kappa shape index (κ2) is 5.42. The minimum absolute atomic E-state index is 0.0973. The Morgan fingerprint density at radius 3 is 3.06 bits per heavy atom. The molecule has 0 bridgehead atoms. The van der Waals surface area contributed by atoms with E-state index >= 15 is 0 Å². The smallest absolute Gasteiger partial charge is 0.223 e. The molecule has 1 aliphatic rings. The minimum atomic E-state index is 0.0973. The molecule has 1 amide bonds. The fourth-order valence-corrected chi connectivity index (χ4v) is 2.71. The molecule has 0 saturated carbocycles. The Hall–Kier alpha value is -1.51. The number of nitrogen functional groups attached to an aromatic ring is 1. The molecule has 1 aromatic rings. The summed E-state index contributed by atoms with van der Waals surface area (Å²) in [6.07, 6.45) is 3.92. The molecule has 1 aromatic carbocycles. The number of carbonyl (C=O) groups is 1. The van der Waals surface area contributed by atoms with E-state index in [9.17, 15) is 4.79 Å². The summed E-state index contributed by atoms with van der Waals surface area (Å²) >= 11 is 0. The summed E-state index contributed by atoms with van der Waals surface area (Å²) in [5, 5.41) is 3.15. The van der Waals surface area contributed by atoms with Crippen molar-refractivity contribution in [2.24, 2.45) is 5.92 Å². The molecular weight excluding hydrogens is 224 g/mol. The monoisotopic (exact) mass is 246 g/mol. The lowest BCUT2D eigenvalue weighted by molar-refractivity contribution is -0.125. The predicted molar refractivity (Wildman–Crippen MR) is 74.1 cm³/mol. The lowest BCUT2D eigenvalue weighted by Crippen LogP contribution is -2.31. The van der Waals surface area contributed by atoms with E-state index in [1.54, 1.807) is 0 Å². The molecule has 2 atom stereocenters. The molecule has 2 rings (SSSR count). The van der Waals surface area contributed by atoms with Crippen molar-refractivity contribution in [3.63, 3.8) is 0 Å². The highest BCUT2D eigenvalue weighted by molar-refractivity contribution is 5.79. The molecule has 3 nitrogen and oxygen atoms in total. The van der Waals surface area contributed by atoms with Crippen molar-refractivity contribution >= 4 is 11.6 Å². The maximum Gasteiger partial charge on any atom is 0.223 e. The lowest BCUT2D eigenvalue weighted by atomic mass is 10.0. The van der Waals surface area contributed by atoms with Crippen LogP contribution in [-0.4, -0.2) is 5.91 Å². The maximum atomic E-state index is 12.0. The molecule has 0 aliphatic heterocycles. The highest BCUT2D eigenvalue weighted by Gasteiger charge is 2.26. The zero-order chi connectivity index (χ0) is 13.1. The Kier molecular flexibility index (Phi) is 3.90. The normalized spacial score (nSPS) is 19.3. The number of fused-ring (bicyclic) bond motifs is 1. The molecule has 1 aliphatic carbocycles. The predicted octanol–water partition coefficient (Wildman–Crippen LogP) is 2.81. The van der Waals surface area contributed by atoms with Crippen molar-refractivity contribution in [1.82, 2.24) is 5.32 Å². The molecule has 0 spiro atoms. The van der Waals surface area contributed by atoms with Crippen LogP contribution in [0.3, 0.4) is 0 Å². The van der Waals surface area contributed by atoms with Gasteiger partial charge in [0.05, 0.1) is 6.04 Å². The fraction of sp³-hybridized carbons (Fsp3) is 0.533. The molecule has 18 heavy (non-hydrogen) atoms. The summed E-state index contributed by atoms with van der Waals surface area (Å²) in [4.78, 5) is 12.0. The zero-order valence-corrected chi connectivity index (χ0v) is 11.2. The van der Waals surface area contributed by atoms with Crippen molar-refractivity contribution in [1.29, 1.82) is 0 Å². The van der Waals surface area contributed by atoms with Gasteiger partial charge in [-0.05, 0) is 36.5 Å². The molecule has 2 unspecified atom stereocenters. The van der Waals surface area contributed by atoms with Crippen LogP contribution in [0, 0.1) is 5.92 Å². The van der Waals surface area contributed by atoms with Gasteiger partial charge in [-0.15, -0.1) is 0 Å². The van der Waals surface area contributed by atoms with E-state index in [1.807, 2.05) is 19.1 Å². The zero-order valence-electron chi connectivity index (χ0n) is 11.2. The molecule has 0 fully saturated rings. The molecule has 0 saturated heterocycles. The third kappa shape index (κ3) is 2.50. The maximum absolute atomic E-state index is 12.0. The third-order valence-corrected chi connectivity index (χ3v) is 3.79. The van der Waals surface area contributed by atoms with Crippen LogP contribution < -0.4 is 11.1 Å². The van der Waals surface area contributed by atoms with E-state index in [0.29, 0.717) is 0 Å². The highest BCUT2D eigenvalue weighted by Crippen LogP contribution is 2.34. The van der Waals surface area contributed by atoms with Crippen LogP contribution in [0.25, 0.3) is 0 Å². The van der Waals surface area contributed by atoms with Gasteiger partial charge in [0.1, 0.15) is 0 Å². The van der Waals surface area contributed by atoms with Gasteiger partial charge in [-0.1, -0.05) is 32.4 Å². The second-order valence-corrected chi connectivity index (χ2v) is 5.20. The molecule has 0 heterocycles. The van der Waals surface area contributed by atoms with Gasteiger partial charge in [-0.3, -0.25) is 4.79 Å². The number of nitrogens with two attached hydrogens (primary N) is 1. The summed E-state index contributed by atoms with van der Waals surface area (Å²) in [6.45, 7) is 4.10. The van der Waals surface area contributed by atoms with Gasteiger partial charge < -0.3 is 11.1 Å². The number of nitrogens with one attached hydrogen (secondary N) is 1. The fourth-order valence-electron chi connectivity index (χ4n) is 2.71. The Morgan fingerprint density at radius 1 is 1.56 bits per heavy atom. The summed E-state index contributed by atoms with van der Waals surface area (Å²) < 4.78 is 0. The second-order valence-electron chi connectivity index (χ2n) is 5.20. The summed E-state index contributed by atoms with van der Waals surface area (Å²) in [5.41, 5.74) is 9.23. The van der Waals surface area contributed by atoms with Crippen molar-refractivity contribution in [2.75, 3.05) is 5.73 Å². The van der Waals surface area contributed by atoms with Crippen molar-refractivity contribution < 1.29 is 4.79 Å². The number of amides is 1. The Labute approximate surface area is 109 Å². The first kappa shape index (κ1) is 12.9. The van der Waals surface area contributed by atoms with E-state index in [2.05, 4.69) is 18.3 Å². The Morgan fingerprint density at radius 2 is 2.33 bits per heavy atom. The first-order valence-electron chi connectivity index (χ1n) is 6.81. The summed E-state index contributed by atoms with van der Waals surface area (Å²) in [5.74, 6) is 0.261. The van der Waals surface area contributed by atoms with Crippen LogP contribution >= 0.6 is 0 Å². The number of carbonyl (C=O) groups excluding carboxylic acids is 1. The van der Waals surface area contributed by atoms with Gasteiger partial charge in [0.15, 0.2) is 0 Å². The van der Waals surface area contributed by atoms with Crippen LogP contribution in [0.4, 0.5) is 5.69 Å². The number of anilines is 1. The molecular formula is C15H22N2O. The number of rotatable bonds is 4. The van der Waals surface area contributed by atoms with Gasteiger partial charge >= 0.3 is 0 Å². The van der Waals surface area contributed by atoms with E-state index in [4.69, 9.17) is 5.73 Å². The summed E-state index contributed by atoms with van der Waals surface area (Å²) in [7, 11) is 0. The van der Waals surface area contributed by atoms with Crippen molar-refractivity contribution in [2.45, 2.75) is 45.6 Å². The third-order valence-electron chi connectivity index (χ3n) is 3.79. The SMILES string of the molecule is CCCC(C)C(=O)NC1CCc2c(N)cccc21. The molecule has 98 valence electrons. The molecule has 3 N–H and O–H groups in total.